The molecule has 4 nitrogen and oxygen atoms in total. The van der Waals surface area contributed by atoms with Crippen molar-refractivity contribution in [3.8, 4) is 0 Å². The quantitative estimate of drug-likeness (QED) is 0.781. The second-order valence-corrected chi connectivity index (χ2v) is 5.02. The lowest BCUT2D eigenvalue weighted by atomic mass is 10.2. The van der Waals surface area contributed by atoms with Gasteiger partial charge in [-0.1, -0.05) is 0 Å². The van der Waals surface area contributed by atoms with Crippen molar-refractivity contribution in [2.24, 2.45) is 5.73 Å². The number of rotatable bonds is 4. The number of nitrogens with zero attached hydrogens (tertiary/aromatic N) is 1. The van der Waals surface area contributed by atoms with Crippen LogP contribution in [0.4, 0.5) is 4.79 Å². The normalized spacial score (nSPS) is 13.5. The molecule has 0 radical (unpaired) electrons. The van der Waals surface area contributed by atoms with Crippen molar-refractivity contribution in [2.75, 3.05) is 13.6 Å². The summed E-state index contributed by atoms with van der Waals surface area (Å²) in [5.74, 6) is 0. The Balaban J connectivity index is 3.80. The van der Waals surface area contributed by atoms with Crippen LogP contribution in [0.25, 0.3) is 0 Å². The van der Waals surface area contributed by atoms with Crippen LogP contribution in [0.15, 0.2) is 0 Å². The summed E-state index contributed by atoms with van der Waals surface area (Å²) in [6, 6.07) is 0.192. The van der Waals surface area contributed by atoms with Crippen molar-refractivity contribution in [2.45, 2.75) is 52.2 Å². The minimum atomic E-state index is -0.424. The standard InChI is InChI=1S/C11H24N2O2/c1-9(12)7-6-8-13(5)10(14)15-11(2,3)4/h9H,6-8,12H2,1-5H3. The second kappa shape index (κ2) is 5.95. The van der Waals surface area contributed by atoms with Gasteiger partial charge in [0.1, 0.15) is 5.60 Å². The molecule has 0 fully saturated rings. The molecule has 0 bridgehead atoms. The molecule has 0 aliphatic heterocycles. The molecule has 0 saturated carbocycles. The van der Waals surface area contributed by atoms with Gasteiger partial charge >= 0.3 is 6.09 Å². The summed E-state index contributed by atoms with van der Waals surface area (Å²) in [4.78, 5) is 13.1. The van der Waals surface area contributed by atoms with Crippen LogP contribution in [0.5, 0.6) is 0 Å². The number of amides is 1. The van der Waals surface area contributed by atoms with Gasteiger partial charge in [-0.2, -0.15) is 0 Å². The Morgan fingerprint density at radius 2 is 2.00 bits per heavy atom. The molecule has 0 aromatic rings. The van der Waals surface area contributed by atoms with Crippen LogP contribution in [-0.2, 0) is 4.74 Å². The lowest BCUT2D eigenvalue weighted by Crippen LogP contribution is -2.35. The van der Waals surface area contributed by atoms with E-state index in [0.29, 0.717) is 6.54 Å². The highest BCUT2D eigenvalue weighted by molar-refractivity contribution is 5.67. The average molecular weight is 216 g/mol. The molecule has 1 atom stereocenters. The van der Waals surface area contributed by atoms with Crippen LogP contribution >= 0.6 is 0 Å². The Bertz CT molecular complexity index is 197. The molecule has 0 aliphatic carbocycles. The summed E-state index contributed by atoms with van der Waals surface area (Å²) in [5.41, 5.74) is 5.20. The van der Waals surface area contributed by atoms with E-state index in [4.69, 9.17) is 10.5 Å². The third-order valence-electron chi connectivity index (χ3n) is 1.86. The number of hydrogen-bond acceptors (Lipinski definition) is 3. The van der Waals surface area contributed by atoms with Crippen LogP contribution < -0.4 is 5.73 Å². The molecule has 90 valence electrons. The summed E-state index contributed by atoms with van der Waals surface area (Å²) in [5, 5.41) is 0. The minimum Gasteiger partial charge on any atom is -0.444 e. The molecule has 0 aromatic heterocycles. The third kappa shape index (κ3) is 8.24. The van der Waals surface area contributed by atoms with Gasteiger partial charge in [0.15, 0.2) is 0 Å². The molecule has 15 heavy (non-hydrogen) atoms. The van der Waals surface area contributed by atoms with Crippen LogP contribution in [-0.4, -0.2) is 36.2 Å². The molecule has 0 rings (SSSR count). The van der Waals surface area contributed by atoms with Gasteiger partial charge in [0.2, 0.25) is 0 Å². The molecular formula is C11H24N2O2. The topological polar surface area (TPSA) is 55.6 Å². The van der Waals surface area contributed by atoms with Crippen LogP contribution in [0.3, 0.4) is 0 Å². The first-order valence-corrected chi connectivity index (χ1v) is 5.42. The molecule has 0 aliphatic rings. The molecule has 4 heteroatoms. The molecule has 2 N–H and O–H groups in total. The lowest BCUT2D eigenvalue weighted by molar-refractivity contribution is 0.0295. The van der Waals surface area contributed by atoms with Gasteiger partial charge in [-0.3, -0.25) is 0 Å². The zero-order chi connectivity index (χ0) is 12.1. The van der Waals surface area contributed by atoms with Gasteiger partial charge in [0, 0.05) is 19.6 Å². The van der Waals surface area contributed by atoms with Gasteiger partial charge in [0.05, 0.1) is 0 Å². The van der Waals surface area contributed by atoms with E-state index >= 15 is 0 Å². The van der Waals surface area contributed by atoms with Crippen LogP contribution in [0.2, 0.25) is 0 Å². The smallest absolute Gasteiger partial charge is 0.410 e. The number of carbonyl (C=O) groups is 1. The third-order valence-corrected chi connectivity index (χ3v) is 1.86. The van der Waals surface area contributed by atoms with E-state index in [0.717, 1.165) is 12.8 Å². The molecule has 0 saturated heterocycles. The van der Waals surface area contributed by atoms with Crippen molar-refractivity contribution in [3.63, 3.8) is 0 Å². The second-order valence-electron chi connectivity index (χ2n) is 5.02. The number of carbonyl (C=O) groups excluding carboxylic acids is 1. The first-order chi connectivity index (χ1) is 6.72. The van der Waals surface area contributed by atoms with Crippen molar-refractivity contribution in [1.82, 2.24) is 4.90 Å². The Kier molecular flexibility index (Phi) is 5.65. The van der Waals surface area contributed by atoms with E-state index in [1.165, 1.54) is 0 Å². The lowest BCUT2D eigenvalue weighted by Gasteiger charge is -2.24. The fraction of sp³-hybridized carbons (Fsp3) is 0.909. The first kappa shape index (κ1) is 14.2. The van der Waals surface area contributed by atoms with Gasteiger partial charge in [0.25, 0.3) is 0 Å². The molecule has 0 spiro atoms. The maximum atomic E-state index is 11.5. The Labute approximate surface area is 92.8 Å². The van der Waals surface area contributed by atoms with E-state index in [9.17, 15) is 4.79 Å². The van der Waals surface area contributed by atoms with Crippen LogP contribution in [0.1, 0.15) is 40.5 Å². The monoisotopic (exact) mass is 216 g/mol. The largest absolute Gasteiger partial charge is 0.444 e. The Hall–Kier alpha value is -0.770. The fourth-order valence-electron chi connectivity index (χ4n) is 1.08. The van der Waals surface area contributed by atoms with Crippen molar-refractivity contribution >= 4 is 6.09 Å². The number of ether oxygens (including phenoxy) is 1. The maximum absolute atomic E-state index is 11.5. The van der Waals surface area contributed by atoms with E-state index in [2.05, 4.69) is 0 Å². The molecule has 1 amide bonds. The predicted octanol–water partition coefficient (Wildman–Crippen LogP) is 1.98. The van der Waals surface area contributed by atoms with Crippen molar-refractivity contribution in [3.05, 3.63) is 0 Å². The summed E-state index contributed by atoms with van der Waals surface area (Å²) in [7, 11) is 1.75. The Morgan fingerprint density at radius 3 is 2.40 bits per heavy atom. The molecule has 0 aromatic carbocycles. The number of nitrogens with two attached hydrogens (primary N) is 1. The van der Waals surface area contributed by atoms with Gasteiger partial charge < -0.3 is 15.4 Å². The predicted molar refractivity (Wildman–Crippen MR) is 61.7 cm³/mol. The van der Waals surface area contributed by atoms with Crippen molar-refractivity contribution < 1.29 is 9.53 Å². The Morgan fingerprint density at radius 1 is 1.47 bits per heavy atom. The van der Waals surface area contributed by atoms with E-state index in [-0.39, 0.29) is 12.1 Å². The van der Waals surface area contributed by atoms with E-state index in [1.807, 2.05) is 27.7 Å². The highest BCUT2D eigenvalue weighted by Crippen LogP contribution is 2.09. The van der Waals surface area contributed by atoms with E-state index in [1.54, 1.807) is 11.9 Å². The first-order valence-electron chi connectivity index (χ1n) is 5.42. The van der Waals surface area contributed by atoms with Gasteiger partial charge in [-0.25, -0.2) is 4.79 Å². The minimum absolute atomic E-state index is 0.192. The summed E-state index contributed by atoms with van der Waals surface area (Å²) >= 11 is 0. The zero-order valence-corrected chi connectivity index (χ0v) is 10.5. The maximum Gasteiger partial charge on any atom is 0.410 e. The van der Waals surface area contributed by atoms with Gasteiger partial charge in [-0.05, 0) is 40.5 Å². The number of hydrogen-bond donors (Lipinski definition) is 1. The van der Waals surface area contributed by atoms with Crippen molar-refractivity contribution in [1.29, 1.82) is 0 Å². The highest BCUT2D eigenvalue weighted by atomic mass is 16.6. The van der Waals surface area contributed by atoms with E-state index < -0.39 is 5.60 Å². The zero-order valence-electron chi connectivity index (χ0n) is 10.5. The summed E-state index contributed by atoms with van der Waals surface area (Å²) in [6.45, 7) is 8.24. The summed E-state index contributed by atoms with van der Waals surface area (Å²) in [6.07, 6.45) is 1.56. The SMILES string of the molecule is CC(N)CCCN(C)C(=O)OC(C)(C)C. The molecule has 0 heterocycles. The van der Waals surface area contributed by atoms with Crippen LogP contribution in [0, 0.1) is 0 Å². The summed E-state index contributed by atoms with van der Waals surface area (Å²) < 4.78 is 5.21. The van der Waals surface area contributed by atoms with Gasteiger partial charge in [-0.15, -0.1) is 0 Å². The molecular weight excluding hydrogens is 192 g/mol. The highest BCUT2D eigenvalue weighted by Gasteiger charge is 2.18. The average Bonchev–Trinajstić information content (AvgIpc) is 1.99. The fourth-order valence-corrected chi connectivity index (χ4v) is 1.08. The molecule has 1 unspecified atom stereocenters.